The van der Waals surface area contributed by atoms with Gasteiger partial charge in [0.15, 0.2) is 5.78 Å². The Balaban J connectivity index is 1.69. The minimum absolute atomic E-state index is 0.203. The van der Waals surface area contributed by atoms with Gasteiger partial charge >= 0.3 is 0 Å². The number of furan rings is 1. The molecule has 0 saturated heterocycles. The number of nitrogens with one attached hydrogen (secondary N) is 2. The maximum Gasteiger partial charge on any atom is 0.252 e. The monoisotopic (exact) mass is 390 g/mol. The van der Waals surface area contributed by atoms with Gasteiger partial charge in [0.2, 0.25) is 5.91 Å². The van der Waals surface area contributed by atoms with E-state index in [0.717, 1.165) is 11.1 Å². The van der Waals surface area contributed by atoms with Gasteiger partial charge in [-0.2, -0.15) is 0 Å². The summed E-state index contributed by atoms with van der Waals surface area (Å²) in [6.07, 6.45) is 1.52. The van der Waals surface area contributed by atoms with Gasteiger partial charge in [0, 0.05) is 11.1 Å². The van der Waals surface area contributed by atoms with Crippen molar-refractivity contribution in [1.29, 1.82) is 0 Å². The molecule has 6 nitrogen and oxygen atoms in total. The number of aryl methyl sites for hydroxylation is 2. The first kappa shape index (κ1) is 20.1. The van der Waals surface area contributed by atoms with Gasteiger partial charge in [-0.3, -0.25) is 14.4 Å². The number of carbonyl (C=O) groups is 3. The van der Waals surface area contributed by atoms with E-state index in [4.69, 9.17) is 4.42 Å². The molecule has 2 aromatic carbocycles. The number of hydrogen-bond acceptors (Lipinski definition) is 4. The number of hydrogen-bond donors (Lipinski definition) is 2. The third-order valence-electron chi connectivity index (χ3n) is 4.50. The van der Waals surface area contributed by atoms with Crippen LogP contribution in [0.25, 0.3) is 0 Å². The largest absolute Gasteiger partial charge is 0.467 e. The Labute approximate surface area is 168 Å². The molecule has 0 bridgehead atoms. The van der Waals surface area contributed by atoms with Crippen molar-refractivity contribution in [1.82, 2.24) is 10.6 Å². The first-order valence-electron chi connectivity index (χ1n) is 9.24. The number of amides is 2. The van der Waals surface area contributed by atoms with Crippen molar-refractivity contribution in [2.24, 2.45) is 0 Å². The fraction of sp³-hybridized carbons (Fsp3) is 0.174. The topological polar surface area (TPSA) is 88.4 Å². The molecule has 1 aromatic heterocycles. The Morgan fingerprint density at radius 3 is 2.34 bits per heavy atom. The summed E-state index contributed by atoms with van der Waals surface area (Å²) >= 11 is 0. The van der Waals surface area contributed by atoms with Crippen LogP contribution in [-0.4, -0.2) is 24.1 Å². The molecule has 2 amide bonds. The van der Waals surface area contributed by atoms with Crippen molar-refractivity contribution in [2.75, 3.05) is 6.54 Å². The number of carbonyl (C=O) groups excluding carboxylic acids is 3. The van der Waals surface area contributed by atoms with Crippen LogP contribution < -0.4 is 10.6 Å². The van der Waals surface area contributed by atoms with Gasteiger partial charge in [-0.25, -0.2) is 0 Å². The maximum absolute atomic E-state index is 13.0. The van der Waals surface area contributed by atoms with E-state index in [1.54, 1.807) is 36.4 Å². The lowest BCUT2D eigenvalue weighted by Crippen LogP contribution is -2.37. The van der Waals surface area contributed by atoms with E-state index < -0.39 is 5.91 Å². The second kappa shape index (κ2) is 9.01. The Kier molecular flexibility index (Phi) is 6.24. The average Bonchev–Trinajstić information content (AvgIpc) is 3.25. The molecular formula is C23H22N2O4. The lowest BCUT2D eigenvalue weighted by atomic mass is 9.94. The van der Waals surface area contributed by atoms with Crippen LogP contribution in [0.4, 0.5) is 0 Å². The van der Waals surface area contributed by atoms with Crippen molar-refractivity contribution >= 4 is 17.6 Å². The van der Waals surface area contributed by atoms with Crippen LogP contribution in [0.2, 0.25) is 0 Å². The van der Waals surface area contributed by atoms with E-state index in [0.29, 0.717) is 16.9 Å². The van der Waals surface area contributed by atoms with E-state index in [2.05, 4.69) is 10.6 Å². The first-order chi connectivity index (χ1) is 14.0. The number of rotatable bonds is 7. The molecule has 0 saturated carbocycles. The molecule has 0 unspecified atom stereocenters. The number of benzene rings is 2. The maximum atomic E-state index is 13.0. The minimum atomic E-state index is -0.479. The van der Waals surface area contributed by atoms with Crippen molar-refractivity contribution in [3.63, 3.8) is 0 Å². The average molecular weight is 390 g/mol. The minimum Gasteiger partial charge on any atom is -0.467 e. The summed E-state index contributed by atoms with van der Waals surface area (Å²) in [5, 5.41) is 5.22. The predicted octanol–water partition coefficient (Wildman–Crippen LogP) is 3.17. The van der Waals surface area contributed by atoms with E-state index in [1.165, 1.54) is 6.26 Å². The van der Waals surface area contributed by atoms with Gasteiger partial charge < -0.3 is 15.1 Å². The van der Waals surface area contributed by atoms with Crippen molar-refractivity contribution in [3.05, 3.63) is 94.4 Å². The molecule has 29 heavy (non-hydrogen) atoms. The van der Waals surface area contributed by atoms with Gasteiger partial charge in [-0.1, -0.05) is 35.9 Å². The highest BCUT2D eigenvalue weighted by molar-refractivity contribution is 6.16. The normalized spacial score (nSPS) is 10.4. The second-order valence-electron chi connectivity index (χ2n) is 6.73. The van der Waals surface area contributed by atoms with Crippen LogP contribution in [0.15, 0.2) is 65.3 Å². The Morgan fingerprint density at radius 2 is 1.62 bits per heavy atom. The molecule has 0 aliphatic carbocycles. The molecule has 1 heterocycles. The van der Waals surface area contributed by atoms with Crippen LogP contribution in [0.5, 0.6) is 0 Å². The summed E-state index contributed by atoms with van der Waals surface area (Å²) in [5.41, 5.74) is 2.90. The zero-order valence-electron chi connectivity index (χ0n) is 16.3. The molecule has 0 aliphatic rings. The Hall–Kier alpha value is -3.67. The van der Waals surface area contributed by atoms with Crippen molar-refractivity contribution in [3.8, 4) is 0 Å². The molecule has 0 aliphatic heterocycles. The molecule has 148 valence electrons. The first-order valence-corrected chi connectivity index (χ1v) is 9.24. The van der Waals surface area contributed by atoms with E-state index in [9.17, 15) is 14.4 Å². The zero-order valence-corrected chi connectivity index (χ0v) is 16.3. The fourth-order valence-corrected chi connectivity index (χ4v) is 2.92. The summed E-state index contributed by atoms with van der Waals surface area (Å²) in [6.45, 7) is 3.81. The molecule has 2 N–H and O–H groups in total. The van der Waals surface area contributed by atoms with Gasteiger partial charge in [0.25, 0.3) is 5.91 Å². The van der Waals surface area contributed by atoms with Gasteiger partial charge in [0.1, 0.15) is 5.76 Å². The van der Waals surface area contributed by atoms with Gasteiger partial charge in [-0.05, 0) is 43.7 Å². The van der Waals surface area contributed by atoms with Crippen LogP contribution in [-0.2, 0) is 11.3 Å². The van der Waals surface area contributed by atoms with Crippen LogP contribution in [0.1, 0.15) is 43.2 Å². The third kappa shape index (κ3) is 4.99. The molecule has 0 fully saturated rings. The summed E-state index contributed by atoms with van der Waals surface area (Å²) in [7, 11) is 0. The van der Waals surface area contributed by atoms with Crippen LogP contribution in [0, 0.1) is 13.8 Å². The lowest BCUT2D eigenvalue weighted by molar-refractivity contribution is -0.120. The predicted molar refractivity (Wildman–Crippen MR) is 109 cm³/mol. The summed E-state index contributed by atoms with van der Waals surface area (Å²) in [4.78, 5) is 37.6. The highest BCUT2D eigenvalue weighted by Gasteiger charge is 2.19. The highest BCUT2D eigenvalue weighted by atomic mass is 16.3. The van der Waals surface area contributed by atoms with Crippen LogP contribution in [0.3, 0.4) is 0 Å². The van der Waals surface area contributed by atoms with E-state index in [1.807, 2.05) is 32.0 Å². The quantitative estimate of drug-likeness (QED) is 0.607. The second-order valence-corrected chi connectivity index (χ2v) is 6.73. The van der Waals surface area contributed by atoms with Gasteiger partial charge in [-0.15, -0.1) is 0 Å². The third-order valence-corrected chi connectivity index (χ3v) is 4.50. The lowest BCUT2D eigenvalue weighted by Gasteiger charge is -2.11. The molecule has 3 rings (SSSR count). The number of ketones is 1. The highest BCUT2D eigenvalue weighted by Crippen LogP contribution is 2.19. The van der Waals surface area contributed by atoms with Crippen LogP contribution >= 0.6 is 0 Å². The smallest absolute Gasteiger partial charge is 0.252 e. The SMILES string of the molecule is Cc1ccc(C)c(C(=O)c2ccccc2C(=O)NCC(=O)NCc2ccco2)c1. The summed E-state index contributed by atoms with van der Waals surface area (Å²) < 4.78 is 5.14. The summed E-state index contributed by atoms with van der Waals surface area (Å²) in [6, 6.07) is 15.7. The summed E-state index contributed by atoms with van der Waals surface area (Å²) in [5.74, 6) is -0.436. The van der Waals surface area contributed by atoms with E-state index >= 15 is 0 Å². The molecule has 0 radical (unpaired) electrons. The zero-order chi connectivity index (χ0) is 20.8. The standard InChI is InChI=1S/C23H22N2O4/c1-15-9-10-16(2)20(12-15)22(27)18-7-3-4-8-19(18)23(28)25-14-21(26)24-13-17-6-5-11-29-17/h3-12H,13-14H2,1-2H3,(H,24,26)(H,25,28). The van der Waals surface area contributed by atoms with Crippen molar-refractivity contribution in [2.45, 2.75) is 20.4 Å². The molecular weight excluding hydrogens is 368 g/mol. The van der Waals surface area contributed by atoms with E-state index in [-0.39, 0.29) is 30.3 Å². The Morgan fingerprint density at radius 1 is 0.862 bits per heavy atom. The van der Waals surface area contributed by atoms with Gasteiger partial charge in [0.05, 0.1) is 24.9 Å². The molecule has 0 atom stereocenters. The fourth-order valence-electron chi connectivity index (χ4n) is 2.92. The van der Waals surface area contributed by atoms with Crippen molar-refractivity contribution < 1.29 is 18.8 Å². The molecule has 0 spiro atoms. The molecule has 3 aromatic rings. The Bertz CT molecular complexity index is 1040. The molecule has 6 heteroatoms.